The third kappa shape index (κ3) is 4.05. The zero-order valence-electron chi connectivity index (χ0n) is 12.4. The van der Waals surface area contributed by atoms with Crippen molar-refractivity contribution in [3.63, 3.8) is 0 Å². The van der Waals surface area contributed by atoms with Crippen molar-refractivity contribution in [2.75, 3.05) is 6.61 Å². The van der Waals surface area contributed by atoms with Crippen molar-refractivity contribution in [2.45, 2.75) is 38.6 Å². The van der Waals surface area contributed by atoms with E-state index in [1.807, 2.05) is 13.8 Å². The maximum Gasteiger partial charge on any atom is 0.254 e. The molecule has 0 spiro atoms. The molecule has 21 heavy (non-hydrogen) atoms. The van der Waals surface area contributed by atoms with Crippen molar-refractivity contribution in [1.82, 2.24) is 5.32 Å². The van der Waals surface area contributed by atoms with Gasteiger partial charge in [-0.25, -0.2) is 4.39 Å². The summed E-state index contributed by atoms with van der Waals surface area (Å²) in [6.45, 7) is 3.91. The molecule has 4 heteroatoms. The molecule has 2 rings (SSSR count). The number of amides is 1. The smallest absolute Gasteiger partial charge is 0.254 e. The van der Waals surface area contributed by atoms with Crippen molar-refractivity contribution in [3.05, 3.63) is 35.1 Å². The molecule has 0 aliphatic heterocycles. The Labute approximate surface area is 124 Å². The first-order chi connectivity index (χ1) is 9.94. The van der Waals surface area contributed by atoms with Crippen molar-refractivity contribution < 1.29 is 14.3 Å². The predicted molar refractivity (Wildman–Crippen MR) is 79.3 cm³/mol. The van der Waals surface area contributed by atoms with E-state index in [9.17, 15) is 9.18 Å². The maximum absolute atomic E-state index is 13.9. The maximum atomic E-state index is 13.9. The Bertz CT molecular complexity index is 595. The average Bonchev–Trinajstić information content (AvgIpc) is 3.25. The number of rotatable bonds is 4. The molecule has 1 fully saturated rings. The van der Waals surface area contributed by atoms with Crippen LogP contribution in [0.5, 0.6) is 0 Å². The SMILES string of the molecule is CC(C)(NC(=O)c1cc(C#CCCO)ccc1F)C1CC1. The molecule has 1 amide bonds. The van der Waals surface area contributed by atoms with Gasteiger partial charge in [0.1, 0.15) is 5.82 Å². The summed E-state index contributed by atoms with van der Waals surface area (Å²) in [5.41, 5.74) is 0.265. The Morgan fingerprint density at radius 1 is 1.48 bits per heavy atom. The molecule has 0 radical (unpaired) electrons. The van der Waals surface area contributed by atoms with Crippen LogP contribution >= 0.6 is 0 Å². The number of benzene rings is 1. The molecule has 1 aliphatic rings. The van der Waals surface area contributed by atoms with E-state index in [4.69, 9.17) is 5.11 Å². The second kappa shape index (κ2) is 6.28. The number of nitrogens with one attached hydrogen (secondary N) is 1. The molecule has 1 saturated carbocycles. The highest BCUT2D eigenvalue weighted by molar-refractivity contribution is 5.95. The van der Waals surface area contributed by atoms with Crippen LogP contribution in [0.3, 0.4) is 0 Å². The van der Waals surface area contributed by atoms with Crippen LogP contribution in [-0.2, 0) is 0 Å². The molecular formula is C17H20FNO2. The summed E-state index contributed by atoms with van der Waals surface area (Å²) in [5.74, 6) is 5.08. The molecule has 0 saturated heterocycles. The number of carbonyl (C=O) groups excluding carboxylic acids is 1. The van der Waals surface area contributed by atoms with Gasteiger partial charge in [-0.3, -0.25) is 4.79 Å². The standard InChI is InChI=1S/C17H20FNO2/c1-17(2,13-7-8-13)19-16(21)14-11-12(5-3-4-10-20)6-9-15(14)18/h6,9,11,13,20H,4,7-8,10H2,1-2H3,(H,19,21). The Morgan fingerprint density at radius 2 is 2.19 bits per heavy atom. The van der Waals surface area contributed by atoms with E-state index in [2.05, 4.69) is 17.2 Å². The fourth-order valence-electron chi connectivity index (χ4n) is 2.26. The second-order valence-corrected chi connectivity index (χ2v) is 5.92. The molecule has 1 aromatic rings. The largest absolute Gasteiger partial charge is 0.395 e. The summed E-state index contributed by atoms with van der Waals surface area (Å²) in [5, 5.41) is 11.6. The summed E-state index contributed by atoms with van der Waals surface area (Å²) in [6.07, 6.45) is 2.55. The minimum Gasteiger partial charge on any atom is -0.395 e. The molecule has 112 valence electrons. The fraction of sp³-hybridized carbons (Fsp3) is 0.471. The Morgan fingerprint density at radius 3 is 2.81 bits per heavy atom. The van der Waals surface area contributed by atoms with Crippen molar-refractivity contribution in [1.29, 1.82) is 0 Å². The predicted octanol–water partition coefficient (Wildman–Crippen LogP) is 2.48. The molecular weight excluding hydrogens is 269 g/mol. The van der Waals surface area contributed by atoms with Gasteiger partial charge in [0, 0.05) is 17.5 Å². The Kier molecular flexibility index (Phi) is 4.64. The van der Waals surface area contributed by atoms with Crippen LogP contribution in [0.15, 0.2) is 18.2 Å². The number of aliphatic hydroxyl groups excluding tert-OH is 1. The molecule has 0 aromatic heterocycles. The van der Waals surface area contributed by atoms with E-state index in [-0.39, 0.29) is 17.7 Å². The lowest BCUT2D eigenvalue weighted by Crippen LogP contribution is -2.45. The summed E-state index contributed by atoms with van der Waals surface area (Å²) in [7, 11) is 0. The molecule has 0 unspecified atom stereocenters. The third-order valence-corrected chi connectivity index (χ3v) is 3.71. The van der Waals surface area contributed by atoms with E-state index in [0.717, 1.165) is 12.8 Å². The van der Waals surface area contributed by atoms with Gasteiger partial charge in [0.25, 0.3) is 5.91 Å². The van der Waals surface area contributed by atoms with Gasteiger partial charge in [-0.15, -0.1) is 0 Å². The first-order valence-electron chi connectivity index (χ1n) is 7.16. The normalized spacial score (nSPS) is 14.3. The zero-order valence-corrected chi connectivity index (χ0v) is 12.4. The molecule has 1 aromatic carbocycles. The monoisotopic (exact) mass is 289 g/mol. The molecule has 3 nitrogen and oxygen atoms in total. The zero-order chi connectivity index (χ0) is 15.5. The van der Waals surface area contributed by atoms with Crippen LogP contribution in [0, 0.1) is 23.6 Å². The van der Waals surface area contributed by atoms with Crippen molar-refractivity contribution >= 4 is 5.91 Å². The number of hydrogen-bond donors (Lipinski definition) is 2. The number of hydrogen-bond acceptors (Lipinski definition) is 2. The summed E-state index contributed by atoms with van der Waals surface area (Å²) in [6, 6.07) is 4.24. The Balaban J connectivity index is 2.16. The topological polar surface area (TPSA) is 49.3 Å². The van der Waals surface area contributed by atoms with Gasteiger partial charge in [-0.2, -0.15) is 0 Å². The average molecular weight is 289 g/mol. The van der Waals surface area contributed by atoms with Gasteiger partial charge in [0.2, 0.25) is 0 Å². The van der Waals surface area contributed by atoms with Gasteiger partial charge < -0.3 is 10.4 Å². The fourth-order valence-corrected chi connectivity index (χ4v) is 2.26. The van der Waals surface area contributed by atoms with E-state index >= 15 is 0 Å². The van der Waals surface area contributed by atoms with Crippen molar-refractivity contribution in [2.24, 2.45) is 5.92 Å². The lowest BCUT2D eigenvalue weighted by Gasteiger charge is -2.26. The summed E-state index contributed by atoms with van der Waals surface area (Å²) >= 11 is 0. The lowest BCUT2D eigenvalue weighted by atomic mass is 9.98. The first-order valence-corrected chi connectivity index (χ1v) is 7.16. The molecule has 0 atom stereocenters. The molecule has 0 bridgehead atoms. The van der Waals surface area contributed by atoms with Gasteiger partial charge >= 0.3 is 0 Å². The van der Waals surface area contributed by atoms with Crippen LogP contribution in [0.4, 0.5) is 4.39 Å². The minimum atomic E-state index is -0.549. The highest BCUT2D eigenvalue weighted by atomic mass is 19.1. The van der Waals surface area contributed by atoms with E-state index in [1.54, 1.807) is 0 Å². The van der Waals surface area contributed by atoms with E-state index in [0.29, 0.717) is 17.9 Å². The number of aliphatic hydroxyl groups is 1. The highest BCUT2D eigenvalue weighted by Gasteiger charge is 2.39. The van der Waals surface area contributed by atoms with Gasteiger partial charge in [-0.05, 0) is 50.8 Å². The van der Waals surface area contributed by atoms with Gasteiger partial charge in [-0.1, -0.05) is 11.8 Å². The van der Waals surface area contributed by atoms with Crippen LogP contribution in [-0.4, -0.2) is 23.2 Å². The van der Waals surface area contributed by atoms with E-state index < -0.39 is 11.7 Å². The molecule has 0 heterocycles. The second-order valence-electron chi connectivity index (χ2n) is 5.92. The van der Waals surface area contributed by atoms with Gasteiger partial charge in [0.05, 0.1) is 12.2 Å². The lowest BCUT2D eigenvalue weighted by molar-refractivity contribution is 0.0899. The number of halogens is 1. The van der Waals surface area contributed by atoms with E-state index in [1.165, 1.54) is 18.2 Å². The highest BCUT2D eigenvalue weighted by Crippen LogP contribution is 2.39. The molecule has 1 aliphatic carbocycles. The van der Waals surface area contributed by atoms with Crippen LogP contribution in [0.2, 0.25) is 0 Å². The van der Waals surface area contributed by atoms with Crippen LogP contribution in [0.1, 0.15) is 49.0 Å². The van der Waals surface area contributed by atoms with Gasteiger partial charge in [0.15, 0.2) is 0 Å². The quantitative estimate of drug-likeness (QED) is 0.837. The first kappa shape index (κ1) is 15.5. The van der Waals surface area contributed by atoms with Crippen LogP contribution in [0.25, 0.3) is 0 Å². The third-order valence-electron chi connectivity index (χ3n) is 3.71. The summed E-state index contributed by atoms with van der Waals surface area (Å²) < 4.78 is 13.9. The van der Waals surface area contributed by atoms with Crippen molar-refractivity contribution in [3.8, 4) is 11.8 Å². The van der Waals surface area contributed by atoms with Crippen LogP contribution < -0.4 is 5.32 Å². The number of carbonyl (C=O) groups is 1. The minimum absolute atomic E-state index is 0.0134. The summed E-state index contributed by atoms with van der Waals surface area (Å²) in [4.78, 5) is 12.3. The Hall–Kier alpha value is -1.86. The molecule has 2 N–H and O–H groups in total.